The molecular formula is C17H28ClNO3. The highest BCUT2D eigenvalue weighted by atomic mass is 35.5. The molecule has 1 heterocycles. The van der Waals surface area contributed by atoms with Gasteiger partial charge < -0.3 is 14.7 Å². The summed E-state index contributed by atoms with van der Waals surface area (Å²) in [5.41, 5.74) is 2.02. The summed E-state index contributed by atoms with van der Waals surface area (Å²) in [5.74, 6) is 0.122. The Labute approximate surface area is 139 Å². The number of ether oxygens (including phenoxy) is 1. The number of hydrogen-bond acceptors (Lipinski definition) is 4. The van der Waals surface area contributed by atoms with E-state index in [4.69, 9.17) is 4.74 Å². The summed E-state index contributed by atoms with van der Waals surface area (Å²) < 4.78 is 5.80. The normalized spacial score (nSPS) is 40.9. The Balaban J connectivity index is 0.00000176. The van der Waals surface area contributed by atoms with Crippen LogP contribution in [0.4, 0.5) is 0 Å². The zero-order chi connectivity index (χ0) is 15.4. The second kappa shape index (κ2) is 6.14. The van der Waals surface area contributed by atoms with Crippen molar-refractivity contribution in [3.63, 3.8) is 0 Å². The topological polar surface area (TPSA) is 49.8 Å². The Morgan fingerprint density at radius 3 is 2.68 bits per heavy atom. The summed E-state index contributed by atoms with van der Waals surface area (Å²) in [6.07, 6.45) is 3.62. The molecule has 5 atom stereocenters. The lowest BCUT2D eigenvalue weighted by atomic mass is 9.77. The fourth-order valence-electron chi connectivity index (χ4n) is 4.65. The first-order valence-electron chi connectivity index (χ1n) is 8.07. The summed E-state index contributed by atoms with van der Waals surface area (Å²) in [6, 6.07) is 0. The third-order valence-electron chi connectivity index (χ3n) is 5.73. The Hall–Kier alpha value is -0.580. The van der Waals surface area contributed by atoms with Crippen LogP contribution in [0.3, 0.4) is 0 Å². The van der Waals surface area contributed by atoms with E-state index in [0.29, 0.717) is 0 Å². The van der Waals surface area contributed by atoms with Crippen LogP contribution in [0.5, 0.6) is 0 Å². The van der Waals surface area contributed by atoms with Crippen LogP contribution in [-0.4, -0.2) is 48.3 Å². The highest BCUT2D eigenvalue weighted by Crippen LogP contribution is 2.52. The van der Waals surface area contributed by atoms with Crippen molar-refractivity contribution in [1.29, 1.82) is 0 Å². The van der Waals surface area contributed by atoms with Gasteiger partial charge in [-0.3, -0.25) is 4.79 Å². The SMILES string of the molecule is CC1=C2CC[C@@](C)(O)[C@@H]2[C@H]2OC(=O)[C@@H](CN(C)C)[C@@H]2CC1.Cl. The molecule has 0 spiro atoms. The van der Waals surface area contributed by atoms with E-state index in [0.717, 1.165) is 32.2 Å². The molecule has 0 aromatic rings. The van der Waals surface area contributed by atoms with Crippen molar-refractivity contribution >= 4 is 18.4 Å². The third-order valence-corrected chi connectivity index (χ3v) is 5.73. The molecular weight excluding hydrogens is 302 g/mol. The van der Waals surface area contributed by atoms with Crippen molar-refractivity contribution in [2.75, 3.05) is 20.6 Å². The quantitative estimate of drug-likeness (QED) is 0.624. The van der Waals surface area contributed by atoms with Crippen molar-refractivity contribution in [3.8, 4) is 0 Å². The average Bonchev–Trinajstić information content (AvgIpc) is 2.79. The van der Waals surface area contributed by atoms with Gasteiger partial charge in [0.2, 0.25) is 0 Å². The van der Waals surface area contributed by atoms with Crippen LogP contribution in [0.2, 0.25) is 0 Å². The number of esters is 1. The summed E-state index contributed by atoms with van der Waals surface area (Å²) in [7, 11) is 4.00. The van der Waals surface area contributed by atoms with Gasteiger partial charge in [-0.15, -0.1) is 12.4 Å². The number of carbonyl (C=O) groups is 1. The summed E-state index contributed by atoms with van der Waals surface area (Å²) in [4.78, 5) is 14.4. The number of nitrogens with zero attached hydrogens (tertiary/aromatic N) is 1. The van der Waals surface area contributed by atoms with Crippen LogP contribution in [-0.2, 0) is 9.53 Å². The van der Waals surface area contributed by atoms with E-state index in [1.54, 1.807) is 0 Å². The number of hydrogen-bond donors (Lipinski definition) is 1. The second-order valence-electron chi connectivity index (χ2n) is 7.61. The largest absolute Gasteiger partial charge is 0.461 e. The Morgan fingerprint density at radius 1 is 1.36 bits per heavy atom. The maximum Gasteiger partial charge on any atom is 0.310 e. The van der Waals surface area contributed by atoms with Gasteiger partial charge in [0, 0.05) is 18.4 Å². The molecule has 2 fully saturated rings. The zero-order valence-electron chi connectivity index (χ0n) is 14.0. The van der Waals surface area contributed by atoms with Crippen molar-refractivity contribution in [1.82, 2.24) is 4.90 Å². The second-order valence-corrected chi connectivity index (χ2v) is 7.61. The van der Waals surface area contributed by atoms with E-state index in [2.05, 4.69) is 11.8 Å². The molecule has 1 aliphatic heterocycles. The predicted molar refractivity (Wildman–Crippen MR) is 87.9 cm³/mol. The van der Waals surface area contributed by atoms with E-state index in [1.807, 2.05) is 21.0 Å². The minimum Gasteiger partial charge on any atom is -0.461 e. The maximum absolute atomic E-state index is 12.3. The first-order chi connectivity index (χ1) is 9.81. The van der Waals surface area contributed by atoms with Crippen LogP contribution < -0.4 is 0 Å². The Bertz CT molecular complexity index is 486. The van der Waals surface area contributed by atoms with Gasteiger partial charge in [-0.1, -0.05) is 11.1 Å². The van der Waals surface area contributed by atoms with E-state index in [9.17, 15) is 9.90 Å². The third kappa shape index (κ3) is 2.81. The fourth-order valence-corrected chi connectivity index (χ4v) is 4.65. The molecule has 126 valence electrons. The summed E-state index contributed by atoms with van der Waals surface area (Å²) in [6.45, 7) is 4.84. The molecule has 22 heavy (non-hydrogen) atoms. The minimum atomic E-state index is -0.739. The van der Waals surface area contributed by atoms with Gasteiger partial charge in [0.25, 0.3) is 0 Å². The average molecular weight is 330 g/mol. The first kappa shape index (κ1) is 17.8. The first-order valence-corrected chi connectivity index (χ1v) is 8.07. The lowest BCUT2D eigenvalue weighted by Gasteiger charge is -2.33. The van der Waals surface area contributed by atoms with E-state index < -0.39 is 5.60 Å². The van der Waals surface area contributed by atoms with Crippen molar-refractivity contribution in [2.45, 2.75) is 51.2 Å². The van der Waals surface area contributed by atoms with Crippen molar-refractivity contribution < 1.29 is 14.6 Å². The zero-order valence-corrected chi connectivity index (χ0v) is 14.8. The Kier molecular flexibility index (Phi) is 4.96. The molecule has 0 aromatic carbocycles. The maximum atomic E-state index is 12.3. The van der Waals surface area contributed by atoms with Crippen LogP contribution in [0.25, 0.3) is 0 Å². The molecule has 0 radical (unpaired) electrons. The molecule has 2 aliphatic carbocycles. The molecule has 0 unspecified atom stereocenters. The Morgan fingerprint density at radius 2 is 2.05 bits per heavy atom. The van der Waals surface area contributed by atoms with E-state index in [-0.39, 0.29) is 42.2 Å². The summed E-state index contributed by atoms with van der Waals surface area (Å²) >= 11 is 0. The standard InChI is InChI=1S/C17H27NO3.ClH/c1-10-5-6-12-13(9-18(3)4)16(19)21-15(12)14-11(10)7-8-17(14,2)20;/h12-15,20H,5-9H2,1-4H3;1H/t12-,13-,14-,15-,17+;/m0./s1. The van der Waals surface area contributed by atoms with Gasteiger partial charge in [0.05, 0.1) is 11.5 Å². The molecule has 3 rings (SSSR count). The number of aliphatic hydroxyl groups is 1. The predicted octanol–water partition coefficient (Wildman–Crippen LogP) is 2.40. The van der Waals surface area contributed by atoms with Crippen molar-refractivity contribution in [3.05, 3.63) is 11.1 Å². The minimum absolute atomic E-state index is 0. The van der Waals surface area contributed by atoms with Crippen LogP contribution in [0.15, 0.2) is 11.1 Å². The van der Waals surface area contributed by atoms with E-state index >= 15 is 0 Å². The number of carbonyl (C=O) groups excluding carboxylic acids is 1. The van der Waals surface area contributed by atoms with Gasteiger partial charge in [0.1, 0.15) is 6.10 Å². The number of rotatable bonds is 2. The molecule has 0 bridgehead atoms. The van der Waals surface area contributed by atoms with Crippen molar-refractivity contribution in [2.24, 2.45) is 17.8 Å². The van der Waals surface area contributed by atoms with Gasteiger partial charge in [-0.25, -0.2) is 0 Å². The van der Waals surface area contributed by atoms with Crippen LogP contribution in [0.1, 0.15) is 39.5 Å². The van der Waals surface area contributed by atoms with E-state index in [1.165, 1.54) is 11.1 Å². The molecule has 1 saturated heterocycles. The molecule has 1 saturated carbocycles. The van der Waals surface area contributed by atoms with Gasteiger partial charge in [-0.2, -0.15) is 0 Å². The van der Waals surface area contributed by atoms with Crippen LogP contribution >= 0.6 is 12.4 Å². The smallest absolute Gasteiger partial charge is 0.310 e. The summed E-state index contributed by atoms with van der Waals surface area (Å²) in [5, 5.41) is 10.8. The van der Waals surface area contributed by atoms with Gasteiger partial charge in [0.15, 0.2) is 0 Å². The number of halogens is 1. The molecule has 5 heteroatoms. The van der Waals surface area contributed by atoms with Gasteiger partial charge >= 0.3 is 5.97 Å². The highest BCUT2D eigenvalue weighted by Gasteiger charge is 2.56. The molecule has 0 aromatic heterocycles. The number of fused-ring (bicyclic) bond motifs is 3. The molecule has 4 nitrogen and oxygen atoms in total. The lowest BCUT2D eigenvalue weighted by Crippen LogP contribution is -2.41. The molecule has 1 N–H and O–H groups in total. The lowest BCUT2D eigenvalue weighted by molar-refractivity contribution is -0.148. The van der Waals surface area contributed by atoms with Crippen LogP contribution in [0, 0.1) is 17.8 Å². The highest BCUT2D eigenvalue weighted by molar-refractivity contribution is 5.85. The molecule has 0 amide bonds. The van der Waals surface area contributed by atoms with Gasteiger partial charge in [-0.05, 0) is 53.6 Å². The fraction of sp³-hybridized carbons (Fsp3) is 0.824. The monoisotopic (exact) mass is 329 g/mol. The molecule has 3 aliphatic rings. The number of allylic oxidation sites excluding steroid dienone is 1.